The Labute approximate surface area is 111 Å². The van der Waals surface area contributed by atoms with Crippen molar-refractivity contribution in [2.45, 2.75) is 25.8 Å². The zero-order valence-corrected chi connectivity index (χ0v) is 11.5. The number of hydrogen-bond donors (Lipinski definition) is 2. The number of hydrogen-bond acceptors (Lipinski definition) is 4. The van der Waals surface area contributed by atoms with Crippen LogP contribution in [0.4, 0.5) is 0 Å². The first-order chi connectivity index (χ1) is 8.52. The van der Waals surface area contributed by atoms with Crippen LogP contribution in [0.2, 0.25) is 0 Å². The van der Waals surface area contributed by atoms with Gasteiger partial charge in [0.05, 0.1) is 6.04 Å². The number of allylic oxidation sites excluding steroid dienone is 2. The van der Waals surface area contributed by atoms with Crippen LogP contribution < -0.4 is 15.5 Å². The monoisotopic (exact) mass is 265 g/mol. The molecule has 0 bridgehead atoms. The number of carbonyl (C=O) groups is 1. The smallest absolute Gasteiger partial charge is 0.175 e. The molecular formula is C14H19NO2S. The molecule has 3 nitrogen and oxygen atoms in total. The van der Waals surface area contributed by atoms with E-state index in [1.807, 2.05) is 37.5 Å². The zero-order chi connectivity index (χ0) is 13.7. The minimum absolute atomic E-state index is 0.138. The molecule has 1 rings (SSSR count). The van der Waals surface area contributed by atoms with Gasteiger partial charge in [0, 0.05) is 10.5 Å². The Kier molecular flexibility index (Phi) is 5.47. The van der Waals surface area contributed by atoms with Gasteiger partial charge in [0.1, 0.15) is 6.61 Å². The summed E-state index contributed by atoms with van der Waals surface area (Å²) in [5.74, 6) is -0.478. The number of thiophene rings is 1. The minimum atomic E-state index is -0.681. The lowest BCUT2D eigenvalue weighted by Crippen LogP contribution is -2.39. The van der Waals surface area contributed by atoms with Crippen molar-refractivity contribution in [3.63, 3.8) is 0 Å². The summed E-state index contributed by atoms with van der Waals surface area (Å²) < 4.78 is 1.07. The lowest BCUT2D eigenvalue weighted by molar-refractivity contribution is -0.123. The lowest BCUT2D eigenvalue weighted by atomic mass is 9.92. The normalized spacial score (nSPS) is 16.1. The van der Waals surface area contributed by atoms with Crippen LogP contribution in [0.1, 0.15) is 25.3 Å². The first kappa shape index (κ1) is 14.8. The molecule has 98 valence electrons. The molecule has 18 heavy (non-hydrogen) atoms. The fourth-order valence-electron chi connectivity index (χ4n) is 1.69. The van der Waals surface area contributed by atoms with Gasteiger partial charge in [-0.15, -0.1) is 11.3 Å². The van der Waals surface area contributed by atoms with Gasteiger partial charge in [-0.25, -0.2) is 0 Å². The summed E-state index contributed by atoms with van der Waals surface area (Å²) in [6.07, 6.45) is 5.89. The Bertz CT molecular complexity index is 545. The minimum Gasteiger partial charge on any atom is -0.389 e. The summed E-state index contributed by atoms with van der Waals surface area (Å²) in [6.45, 7) is 7.36. The molecule has 4 heteroatoms. The number of aliphatic hydroxyl groups excluding tert-OH is 1. The molecule has 2 unspecified atom stereocenters. The highest BCUT2D eigenvalue weighted by atomic mass is 32.1. The number of Topliss-reactive ketones (excluding diaryl/α,β-unsaturated/α-hetero) is 1. The summed E-state index contributed by atoms with van der Waals surface area (Å²) >= 11 is 1.58. The molecule has 0 aliphatic heterocycles. The van der Waals surface area contributed by atoms with Crippen molar-refractivity contribution in [1.82, 2.24) is 0 Å². The van der Waals surface area contributed by atoms with E-state index in [4.69, 9.17) is 10.8 Å². The Hall–Kier alpha value is -1.23. The SMILES string of the molecule is C=c1c(C(C)C(N)C(=O)CO)cs/c1=C/C=C\C. The summed E-state index contributed by atoms with van der Waals surface area (Å²) in [4.78, 5) is 11.4. The molecular weight excluding hydrogens is 246 g/mol. The third-order valence-electron chi connectivity index (χ3n) is 2.96. The van der Waals surface area contributed by atoms with Gasteiger partial charge >= 0.3 is 0 Å². The lowest BCUT2D eigenvalue weighted by Gasteiger charge is -2.16. The summed E-state index contributed by atoms with van der Waals surface area (Å²) in [6, 6.07) is -0.681. The van der Waals surface area contributed by atoms with E-state index >= 15 is 0 Å². The van der Waals surface area contributed by atoms with Crippen molar-refractivity contribution in [3.8, 4) is 0 Å². The van der Waals surface area contributed by atoms with E-state index in [2.05, 4.69) is 6.58 Å². The van der Waals surface area contributed by atoms with Crippen molar-refractivity contribution in [3.05, 3.63) is 32.8 Å². The Morgan fingerprint density at radius 3 is 2.89 bits per heavy atom. The van der Waals surface area contributed by atoms with Crippen LogP contribution in [-0.2, 0) is 4.79 Å². The fourth-order valence-corrected chi connectivity index (χ4v) is 2.72. The number of aliphatic hydroxyl groups is 1. The van der Waals surface area contributed by atoms with E-state index in [1.165, 1.54) is 0 Å². The summed E-state index contributed by atoms with van der Waals surface area (Å²) in [7, 11) is 0. The van der Waals surface area contributed by atoms with E-state index in [0.29, 0.717) is 0 Å². The van der Waals surface area contributed by atoms with Gasteiger partial charge in [-0.05, 0) is 29.2 Å². The number of carbonyl (C=O) groups excluding carboxylic acids is 1. The molecule has 3 N–H and O–H groups in total. The van der Waals surface area contributed by atoms with Gasteiger partial charge in [0.15, 0.2) is 5.78 Å². The molecule has 0 aromatic carbocycles. The molecule has 1 aromatic rings. The number of ketones is 1. The number of rotatable bonds is 5. The van der Waals surface area contributed by atoms with E-state index < -0.39 is 12.6 Å². The predicted octanol–water partition coefficient (Wildman–Crippen LogP) is 0.507. The maximum atomic E-state index is 11.4. The quantitative estimate of drug-likeness (QED) is 0.815. The molecule has 1 heterocycles. The third-order valence-corrected chi connectivity index (χ3v) is 3.96. The topological polar surface area (TPSA) is 63.3 Å². The van der Waals surface area contributed by atoms with E-state index in [0.717, 1.165) is 15.3 Å². The molecule has 0 saturated heterocycles. The highest BCUT2D eigenvalue weighted by Crippen LogP contribution is 2.15. The largest absolute Gasteiger partial charge is 0.389 e. The first-order valence-corrected chi connectivity index (χ1v) is 6.69. The van der Waals surface area contributed by atoms with Crippen molar-refractivity contribution < 1.29 is 9.90 Å². The molecule has 0 radical (unpaired) electrons. The van der Waals surface area contributed by atoms with Crippen LogP contribution in [0, 0.1) is 0 Å². The molecule has 2 atom stereocenters. The molecule has 0 saturated carbocycles. The predicted molar refractivity (Wildman–Crippen MR) is 76.9 cm³/mol. The van der Waals surface area contributed by atoms with E-state index in [1.54, 1.807) is 11.3 Å². The molecule has 1 aromatic heterocycles. The second kappa shape index (κ2) is 6.64. The average Bonchev–Trinajstić information content (AvgIpc) is 2.75. The molecule has 0 aliphatic carbocycles. The summed E-state index contributed by atoms with van der Waals surface area (Å²) in [5, 5.41) is 11.7. The van der Waals surface area contributed by atoms with E-state index in [-0.39, 0.29) is 11.7 Å². The Balaban J connectivity index is 3.09. The standard InChI is InChI=1S/C14H19NO2S/c1-4-5-6-13-9(2)11(8-18-13)10(3)14(15)12(17)7-16/h4-6,8,10,14,16H,2,7,15H2,1,3H3/b5-4-,13-6+. The van der Waals surface area contributed by atoms with Gasteiger partial charge in [-0.1, -0.05) is 25.7 Å². The summed E-state index contributed by atoms with van der Waals surface area (Å²) in [5.41, 5.74) is 6.80. The molecule has 0 fully saturated rings. The van der Waals surface area contributed by atoms with E-state index in [9.17, 15) is 4.79 Å². The van der Waals surface area contributed by atoms with Crippen LogP contribution >= 0.6 is 11.3 Å². The second-order valence-corrected chi connectivity index (χ2v) is 5.08. The van der Waals surface area contributed by atoms with Crippen molar-refractivity contribution in [2.24, 2.45) is 5.73 Å². The van der Waals surface area contributed by atoms with Gasteiger partial charge < -0.3 is 10.8 Å². The van der Waals surface area contributed by atoms with Crippen LogP contribution in [0.15, 0.2) is 17.5 Å². The second-order valence-electron chi connectivity index (χ2n) is 4.17. The fraction of sp³-hybridized carbons (Fsp3) is 0.357. The highest BCUT2D eigenvalue weighted by molar-refractivity contribution is 7.07. The van der Waals surface area contributed by atoms with Crippen molar-refractivity contribution in [1.29, 1.82) is 0 Å². The third kappa shape index (κ3) is 3.16. The molecule has 0 spiro atoms. The first-order valence-electron chi connectivity index (χ1n) is 5.81. The Morgan fingerprint density at radius 1 is 1.67 bits per heavy atom. The van der Waals surface area contributed by atoms with Crippen LogP contribution in [0.5, 0.6) is 0 Å². The maximum Gasteiger partial charge on any atom is 0.175 e. The zero-order valence-electron chi connectivity index (χ0n) is 10.7. The van der Waals surface area contributed by atoms with Crippen LogP contribution in [0.3, 0.4) is 0 Å². The maximum absolute atomic E-state index is 11.4. The Morgan fingerprint density at radius 2 is 2.33 bits per heavy atom. The van der Waals surface area contributed by atoms with Gasteiger partial charge in [-0.3, -0.25) is 4.79 Å². The molecule has 0 aliphatic rings. The number of nitrogens with two attached hydrogens (primary N) is 1. The molecule has 0 amide bonds. The van der Waals surface area contributed by atoms with Crippen molar-refractivity contribution in [2.75, 3.05) is 6.61 Å². The highest BCUT2D eigenvalue weighted by Gasteiger charge is 2.22. The van der Waals surface area contributed by atoms with Crippen LogP contribution in [-0.4, -0.2) is 23.5 Å². The van der Waals surface area contributed by atoms with Gasteiger partial charge in [0.25, 0.3) is 0 Å². The van der Waals surface area contributed by atoms with Crippen molar-refractivity contribution >= 4 is 29.8 Å². The van der Waals surface area contributed by atoms with Gasteiger partial charge in [0.2, 0.25) is 0 Å². The van der Waals surface area contributed by atoms with Gasteiger partial charge in [-0.2, -0.15) is 0 Å². The average molecular weight is 265 g/mol. The van der Waals surface area contributed by atoms with Crippen LogP contribution in [0.25, 0.3) is 12.7 Å².